The van der Waals surface area contributed by atoms with Crippen LogP contribution in [0.25, 0.3) is 11.3 Å². The third-order valence-electron chi connectivity index (χ3n) is 4.07. The minimum atomic E-state index is -4.62. The van der Waals surface area contributed by atoms with Crippen molar-refractivity contribution in [2.24, 2.45) is 0 Å². The molecule has 0 bridgehead atoms. The van der Waals surface area contributed by atoms with Gasteiger partial charge in [-0.15, -0.1) is 0 Å². The van der Waals surface area contributed by atoms with Crippen LogP contribution in [-0.4, -0.2) is 9.97 Å². The Balaban J connectivity index is 2.00. The van der Waals surface area contributed by atoms with Crippen LogP contribution in [0.5, 0.6) is 5.75 Å². The Morgan fingerprint density at radius 1 is 1.21 bits per heavy atom. The zero-order valence-corrected chi connectivity index (χ0v) is 14.8. The molecule has 0 fully saturated rings. The van der Waals surface area contributed by atoms with Gasteiger partial charge >= 0.3 is 6.18 Å². The number of halogens is 3. The minimum Gasteiger partial charge on any atom is -0.488 e. The molecule has 5 nitrogen and oxygen atoms in total. The van der Waals surface area contributed by atoms with Gasteiger partial charge in [0.2, 0.25) is 0 Å². The molecule has 1 aromatic carbocycles. The fourth-order valence-corrected chi connectivity index (χ4v) is 2.60. The van der Waals surface area contributed by atoms with Gasteiger partial charge < -0.3 is 10.5 Å². The van der Waals surface area contributed by atoms with Crippen molar-refractivity contribution in [3.8, 4) is 23.1 Å². The highest BCUT2D eigenvalue weighted by Crippen LogP contribution is 2.39. The average molecular weight is 384 g/mol. The third-order valence-corrected chi connectivity index (χ3v) is 4.07. The van der Waals surface area contributed by atoms with Crippen LogP contribution in [0.15, 0.2) is 48.8 Å². The number of nitrogens with two attached hydrogens (primary N) is 1. The number of hydrogen-bond acceptors (Lipinski definition) is 5. The number of nitrogen functional groups attached to an aromatic ring is 1. The number of alkyl halides is 3. The molecule has 2 N–H and O–H groups in total. The summed E-state index contributed by atoms with van der Waals surface area (Å²) in [7, 11) is 0. The Bertz CT molecular complexity index is 1040. The van der Waals surface area contributed by atoms with Gasteiger partial charge in [-0.1, -0.05) is 6.07 Å². The normalized spacial score (nSPS) is 11.1. The van der Waals surface area contributed by atoms with Crippen molar-refractivity contribution in [2.45, 2.75) is 19.7 Å². The second kappa shape index (κ2) is 7.56. The van der Waals surface area contributed by atoms with Gasteiger partial charge in [0.15, 0.2) is 5.69 Å². The Morgan fingerprint density at radius 3 is 2.64 bits per heavy atom. The summed E-state index contributed by atoms with van der Waals surface area (Å²) in [6, 6.07) is 10.4. The lowest BCUT2D eigenvalue weighted by Gasteiger charge is -2.16. The maximum Gasteiger partial charge on any atom is 0.419 e. The van der Waals surface area contributed by atoms with E-state index in [2.05, 4.69) is 9.97 Å². The number of rotatable bonds is 4. The Hall–Kier alpha value is -3.60. The molecule has 142 valence electrons. The Kier molecular flexibility index (Phi) is 5.18. The predicted molar refractivity (Wildman–Crippen MR) is 97.1 cm³/mol. The summed E-state index contributed by atoms with van der Waals surface area (Å²) in [5.41, 5.74) is 6.67. The van der Waals surface area contributed by atoms with Gasteiger partial charge in [-0.2, -0.15) is 18.4 Å². The van der Waals surface area contributed by atoms with Crippen LogP contribution in [0.3, 0.4) is 0 Å². The van der Waals surface area contributed by atoms with E-state index in [1.165, 1.54) is 18.3 Å². The summed E-state index contributed by atoms with van der Waals surface area (Å²) >= 11 is 0. The van der Waals surface area contributed by atoms with E-state index < -0.39 is 11.7 Å². The summed E-state index contributed by atoms with van der Waals surface area (Å²) in [6.45, 7) is 1.62. The second-order valence-electron chi connectivity index (χ2n) is 6.06. The van der Waals surface area contributed by atoms with Crippen molar-refractivity contribution in [3.63, 3.8) is 0 Å². The van der Waals surface area contributed by atoms with Crippen LogP contribution in [0.1, 0.15) is 22.4 Å². The first kappa shape index (κ1) is 19.2. The smallest absolute Gasteiger partial charge is 0.419 e. The molecule has 28 heavy (non-hydrogen) atoms. The topological polar surface area (TPSA) is 84.8 Å². The summed E-state index contributed by atoms with van der Waals surface area (Å²) in [5.74, 6) is -0.298. The lowest BCUT2D eigenvalue weighted by atomic mass is 10.0. The fourth-order valence-electron chi connectivity index (χ4n) is 2.60. The molecular weight excluding hydrogens is 369 g/mol. The monoisotopic (exact) mass is 384 g/mol. The zero-order chi connectivity index (χ0) is 20.3. The standard InChI is InChI=1S/C20H15F3N4O/c1-12-7-16(27-17(9-24)19(12)25)14-4-5-18(15(8-14)20(21,22)23)28-11-13-3-2-6-26-10-13/h2-8,10H,11,25H2,1H3. The van der Waals surface area contributed by atoms with Crippen molar-refractivity contribution in [2.75, 3.05) is 5.73 Å². The maximum absolute atomic E-state index is 13.6. The molecule has 0 radical (unpaired) electrons. The lowest BCUT2D eigenvalue weighted by Crippen LogP contribution is -2.09. The van der Waals surface area contributed by atoms with Crippen LogP contribution in [0, 0.1) is 18.3 Å². The third kappa shape index (κ3) is 4.04. The predicted octanol–water partition coefficient (Wildman–Crippen LogP) is 4.50. The number of nitrogens with zero attached hydrogens (tertiary/aromatic N) is 3. The molecular formula is C20H15F3N4O. The van der Waals surface area contributed by atoms with E-state index in [4.69, 9.17) is 15.7 Å². The molecule has 0 unspecified atom stereocenters. The molecule has 2 heterocycles. The maximum atomic E-state index is 13.6. The van der Waals surface area contributed by atoms with Crippen LogP contribution < -0.4 is 10.5 Å². The molecule has 0 aliphatic carbocycles. The number of aromatic nitrogens is 2. The van der Waals surface area contributed by atoms with Crippen molar-refractivity contribution < 1.29 is 17.9 Å². The second-order valence-corrected chi connectivity index (χ2v) is 6.06. The Morgan fingerprint density at radius 2 is 2.00 bits per heavy atom. The average Bonchev–Trinajstić information content (AvgIpc) is 2.68. The SMILES string of the molecule is Cc1cc(-c2ccc(OCc3cccnc3)c(C(F)(F)F)c2)nc(C#N)c1N. The van der Waals surface area contributed by atoms with Crippen molar-refractivity contribution in [3.05, 3.63) is 71.2 Å². The molecule has 0 aliphatic heterocycles. The summed E-state index contributed by atoms with van der Waals surface area (Å²) in [4.78, 5) is 7.97. The van der Waals surface area contributed by atoms with Gasteiger partial charge in [-0.05, 0) is 42.8 Å². The molecule has 8 heteroatoms. The Labute approximate surface area is 159 Å². The molecule has 2 aromatic heterocycles. The van der Waals surface area contributed by atoms with Crippen molar-refractivity contribution in [1.29, 1.82) is 5.26 Å². The summed E-state index contributed by atoms with van der Waals surface area (Å²) in [5, 5.41) is 9.12. The van der Waals surface area contributed by atoms with E-state index in [1.54, 1.807) is 31.3 Å². The first-order chi connectivity index (χ1) is 13.3. The van der Waals surface area contributed by atoms with Gasteiger partial charge in [0, 0.05) is 23.5 Å². The number of anilines is 1. The number of aryl methyl sites for hydroxylation is 1. The molecule has 0 aliphatic rings. The van der Waals surface area contributed by atoms with Gasteiger partial charge in [-0.25, -0.2) is 4.98 Å². The fraction of sp³-hybridized carbons (Fsp3) is 0.150. The van der Waals surface area contributed by atoms with E-state index in [0.29, 0.717) is 11.1 Å². The van der Waals surface area contributed by atoms with Crippen molar-refractivity contribution >= 4 is 5.69 Å². The quantitative estimate of drug-likeness (QED) is 0.716. The molecule has 0 saturated carbocycles. The molecule has 0 atom stereocenters. The highest BCUT2D eigenvalue weighted by Gasteiger charge is 2.35. The van der Waals surface area contributed by atoms with Crippen LogP contribution in [0.2, 0.25) is 0 Å². The summed E-state index contributed by atoms with van der Waals surface area (Å²) in [6.07, 6.45) is -1.54. The van der Waals surface area contributed by atoms with Crippen LogP contribution in [-0.2, 0) is 12.8 Å². The number of pyridine rings is 2. The first-order valence-electron chi connectivity index (χ1n) is 8.20. The van der Waals surface area contributed by atoms with Gasteiger partial charge in [0.05, 0.1) is 16.9 Å². The number of ether oxygens (including phenoxy) is 1. The molecule has 0 spiro atoms. The van der Waals surface area contributed by atoms with Gasteiger partial charge in [0.1, 0.15) is 18.4 Å². The summed E-state index contributed by atoms with van der Waals surface area (Å²) < 4.78 is 46.1. The van der Waals surface area contributed by atoms with E-state index in [9.17, 15) is 13.2 Å². The van der Waals surface area contributed by atoms with E-state index in [-0.39, 0.29) is 35.0 Å². The van der Waals surface area contributed by atoms with E-state index in [0.717, 1.165) is 6.07 Å². The molecule has 0 amide bonds. The zero-order valence-electron chi connectivity index (χ0n) is 14.8. The minimum absolute atomic E-state index is 0.0273. The van der Waals surface area contributed by atoms with Crippen molar-refractivity contribution in [1.82, 2.24) is 9.97 Å². The molecule has 3 aromatic rings. The van der Waals surface area contributed by atoms with Crippen LogP contribution in [0.4, 0.5) is 18.9 Å². The highest BCUT2D eigenvalue weighted by molar-refractivity contribution is 5.68. The van der Waals surface area contributed by atoms with Gasteiger partial charge in [-0.3, -0.25) is 4.98 Å². The largest absolute Gasteiger partial charge is 0.488 e. The lowest BCUT2D eigenvalue weighted by molar-refractivity contribution is -0.139. The first-order valence-corrected chi connectivity index (χ1v) is 8.20. The molecule has 3 rings (SSSR count). The molecule has 0 saturated heterocycles. The van der Waals surface area contributed by atoms with Gasteiger partial charge in [0.25, 0.3) is 0 Å². The van der Waals surface area contributed by atoms with E-state index in [1.807, 2.05) is 6.07 Å². The van der Waals surface area contributed by atoms with E-state index >= 15 is 0 Å². The van der Waals surface area contributed by atoms with Crippen LogP contribution >= 0.6 is 0 Å². The number of benzene rings is 1. The number of hydrogen-bond donors (Lipinski definition) is 1. The highest BCUT2D eigenvalue weighted by atomic mass is 19.4. The number of nitriles is 1.